The van der Waals surface area contributed by atoms with Crippen LogP contribution in [0.25, 0.3) is 0 Å². The van der Waals surface area contributed by atoms with Gasteiger partial charge >= 0.3 is 0 Å². The van der Waals surface area contributed by atoms with Crippen LogP contribution in [0.4, 0.5) is 17.1 Å². The highest BCUT2D eigenvalue weighted by molar-refractivity contribution is 5.95. The van der Waals surface area contributed by atoms with Crippen LogP contribution in [0.1, 0.15) is 32.3 Å². The number of aryl methyl sites for hydroxylation is 1. The Morgan fingerprint density at radius 2 is 2.14 bits per heavy atom. The quantitative estimate of drug-likeness (QED) is 0.704. The third-order valence-electron chi connectivity index (χ3n) is 3.91. The fourth-order valence-corrected chi connectivity index (χ4v) is 2.40. The van der Waals surface area contributed by atoms with Gasteiger partial charge in [-0.2, -0.15) is 0 Å². The van der Waals surface area contributed by atoms with Gasteiger partial charge in [-0.05, 0) is 36.0 Å². The Morgan fingerprint density at radius 1 is 1.38 bits per heavy atom. The lowest BCUT2D eigenvalue weighted by Gasteiger charge is -2.26. The van der Waals surface area contributed by atoms with Gasteiger partial charge in [0.25, 0.3) is 0 Å². The second-order valence-electron chi connectivity index (χ2n) is 6.41. The zero-order valence-electron chi connectivity index (χ0n) is 13.1. The number of hydrogen-bond acceptors (Lipinski definition) is 4. The Kier molecular flexibility index (Phi) is 4.73. The van der Waals surface area contributed by atoms with E-state index >= 15 is 0 Å². The van der Waals surface area contributed by atoms with Gasteiger partial charge in [0.05, 0.1) is 11.4 Å². The van der Waals surface area contributed by atoms with Gasteiger partial charge in [0.1, 0.15) is 0 Å². The maximum Gasteiger partial charge on any atom is 0.224 e. The molecule has 2 rings (SSSR count). The molecule has 0 aromatic heterocycles. The molecule has 4 N–H and O–H groups in total. The van der Waals surface area contributed by atoms with Crippen molar-refractivity contribution in [3.8, 4) is 0 Å². The molecule has 1 amide bonds. The van der Waals surface area contributed by atoms with Crippen LogP contribution in [0.15, 0.2) is 12.1 Å². The molecule has 1 aliphatic heterocycles. The molecular formula is C16H25N3O2. The predicted molar refractivity (Wildman–Crippen MR) is 86.6 cm³/mol. The zero-order valence-corrected chi connectivity index (χ0v) is 13.1. The highest BCUT2D eigenvalue weighted by Gasteiger charge is 2.20. The molecule has 0 atom stereocenters. The molecule has 5 heteroatoms. The van der Waals surface area contributed by atoms with E-state index in [9.17, 15) is 4.79 Å². The summed E-state index contributed by atoms with van der Waals surface area (Å²) >= 11 is 0. The van der Waals surface area contributed by atoms with E-state index in [1.807, 2.05) is 6.07 Å². The normalized spacial score (nSPS) is 14.5. The van der Waals surface area contributed by atoms with Crippen LogP contribution in [0.2, 0.25) is 0 Å². The number of anilines is 3. The van der Waals surface area contributed by atoms with Crippen molar-refractivity contribution in [1.82, 2.24) is 0 Å². The Morgan fingerprint density at radius 3 is 2.86 bits per heavy atom. The monoisotopic (exact) mass is 291 g/mol. The van der Waals surface area contributed by atoms with Crippen molar-refractivity contribution in [2.45, 2.75) is 33.1 Å². The Hall–Kier alpha value is -1.75. The topological polar surface area (TPSA) is 76.4 Å². The van der Waals surface area contributed by atoms with Gasteiger partial charge in [0, 0.05) is 32.4 Å². The highest BCUT2D eigenvalue weighted by Crippen LogP contribution is 2.32. The predicted octanol–water partition coefficient (Wildman–Crippen LogP) is 2.63. The molecule has 21 heavy (non-hydrogen) atoms. The van der Waals surface area contributed by atoms with E-state index in [1.54, 1.807) is 7.11 Å². The summed E-state index contributed by atoms with van der Waals surface area (Å²) in [6.45, 7) is 5.98. The minimum absolute atomic E-state index is 0.0586. The number of benzene rings is 1. The number of fused-ring (bicyclic) bond motifs is 1. The van der Waals surface area contributed by atoms with E-state index in [-0.39, 0.29) is 11.3 Å². The summed E-state index contributed by atoms with van der Waals surface area (Å²) in [6, 6.07) is 3.90. The van der Waals surface area contributed by atoms with Crippen molar-refractivity contribution in [3.05, 3.63) is 17.7 Å². The number of methoxy groups -OCH3 is 1. The number of nitrogens with one attached hydrogen (secondary N) is 2. The third kappa shape index (κ3) is 4.11. The molecular weight excluding hydrogens is 266 g/mol. The maximum absolute atomic E-state index is 11.4. The van der Waals surface area contributed by atoms with Crippen LogP contribution < -0.4 is 16.4 Å². The standard InChI is InChI=1S/C16H25N3O2/c1-16(2,6-7-21-3)10-18-14-8-11-4-5-15(20)19-13(11)9-12(14)17/h8-9,18H,4-7,10,17H2,1-3H3,(H,19,20). The van der Waals surface area contributed by atoms with Crippen molar-refractivity contribution in [2.75, 3.05) is 36.6 Å². The SMILES string of the molecule is COCCC(C)(C)CNc1cc2c(cc1N)NC(=O)CC2. The van der Waals surface area contributed by atoms with E-state index in [1.165, 1.54) is 0 Å². The summed E-state index contributed by atoms with van der Waals surface area (Å²) in [5, 5.41) is 6.30. The van der Waals surface area contributed by atoms with E-state index in [2.05, 4.69) is 30.5 Å². The molecule has 1 aromatic carbocycles. The second kappa shape index (κ2) is 6.35. The molecule has 0 saturated carbocycles. The first-order valence-electron chi connectivity index (χ1n) is 7.36. The molecule has 0 aliphatic carbocycles. The lowest BCUT2D eigenvalue weighted by atomic mass is 9.89. The summed E-state index contributed by atoms with van der Waals surface area (Å²) in [7, 11) is 1.72. The number of carbonyl (C=O) groups is 1. The first kappa shape index (κ1) is 15.6. The average molecular weight is 291 g/mol. The van der Waals surface area contributed by atoms with E-state index in [0.29, 0.717) is 12.1 Å². The first-order chi connectivity index (χ1) is 9.91. The summed E-state index contributed by atoms with van der Waals surface area (Å²) in [5.41, 5.74) is 9.80. The Balaban J connectivity index is 2.05. The molecule has 0 saturated heterocycles. The first-order valence-corrected chi connectivity index (χ1v) is 7.36. The van der Waals surface area contributed by atoms with Crippen LogP contribution in [0.3, 0.4) is 0 Å². The Bertz CT molecular complexity index is 526. The average Bonchev–Trinajstić information content (AvgIpc) is 2.43. The summed E-state index contributed by atoms with van der Waals surface area (Å²) < 4.78 is 5.15. The summed E-state index contributed by atoms with van der Waals surface area (Å²) in [6.07, 6.45) is 2.29. The lowest BCUT2D eigenvalue weighted by molar-refractivity contribution is -0.116. The Labute approximate surface area is 126 Å². The van der Waals surface area contributed by atoms with Crippen LogP contribution in [-0.2, 0) is 16.0 Å². The minimum Gasteiger partial charge on any atom is -0.397 e. The number of carbonyl (C=O) groups excluding carboxylic acids is 1. The summed E-state index contributed by atoms with van der Waals surface area (Å²) in [4.78, 5) is 11.4. The lowest BCUT2D eigenvalue weighted by Crippen LogP contribution is -2.25. The van der Waals surface area contributed by atoms with Crippen molar-refractivity contribution < 1.29 is 9.53 Å². The summed E-state index contributed by atoms with van der Waals surface area (Å²) in [5.74, 6) is 0.0586. The maximum atomic E-state index is 11.4. The van der Waals surface area contributed by atoms with Gasteiger partial charge in [0.2, 0.25) is 5.91 Å². The molecule has 1 heterocycles. The van der Waals surface area contributed by atoms with Gasteiger partial charge in [-0.1, -0.05) is 13.8 Å². The van der Waals surface area contributed by atoms with Crippen LogP contribution in [-0.4, -0.2) is 26.2 Å². The molecule has 0 fully saturated rings. The van der Waals surface area contributed by atoms with Crippen molar-refractivity contribution >= 4 is 23.0 Å². The molecule has 116 valence electrons. The number of hydrogen-bond donors (Lipinski definition) is 3. The van der Waals surface area contributed by atoms with Crippen molar-refractivity contribution in [1.29, 1.82) is 0 Å². The molecule has 1 aliphatic rings. The van der Waals surface area contributed by atoms with Crippen LogP contribution in [0.5, 0.6) is 0 Å². The van der Waals surface area contributed by atoms with E-state index < -0.39 is 0 Å². The van der Waals surface area contributed by atoms with Gasteiger partial charge in [-0.15, -0.1) is 0 Å². The van der Waals surface area contributed by atoms with E-state index in [0.717, 1.165) is 42.9 Å². The van der Waals surface area contributed by atoms with Crippen LogP contribution in [0, 0.1) is 5.41 Å². The smallest absolute Gasteiger partial charge is 0.224 e. The number of nitrogen functional groups attached to an aromatic ring is 1. The third-order valence-corrected chi connectivity index (χ3v) is 3.91. The van der Waals surface area contributed by atoms with Gasteiger partial charge in [-0.3, -0.25) is 4.79 Å². The fourth-order valence-electron chi connectivity index (χ4n) is 2.40. The molecule has 0 unspecified atom stereocenters. The molecule has 5 nitrogen and oxygen atoms in total. The van der Waals surface area contributed by atoms with Crippen molar-refractivity contribution in [2.24, 2.45) is 5.41 Å². The number of ether oxygens (including phenoxy) is 1. The number of amides is 1. The minimum atomic E-state index is 0.0586. The van der Waals surface area contributed by atoms with Gasteiger partial charge in [0.15, 0.2) is 0 Å². The van der Waals surface area contributed by atoms with Crippen molar-refractivity contribution in [3.63, 3.8) is 0 Å². The number of nitrogens with two attached hydrogens (primary N) is 1. The molecule has 0 radical (unpaired) electrons. The highest BCUT2D eigenvalue weighted by atomic mass is 16.5. The second-order valence-corrected chi connectivity index (χ2v) is 6.41. The fraction of sp³-hybridized carbons (Fsp3) is 0.562. The van der Waals surface area contributed by atoms with Gasteiger partial charge in [-0.25, -0.2) is 0 Å². The van der Waals surface area contributed by atoms with Crippen LogP contribution >= 0.6 is 0 Å². The molecule has 0 bridgehead atoms. The number of rotatable bonds is 6. The largest absolute Gasteiger partial charge is 0.397 e. The zero-order chi connectivity index (χ0) is 15.5. The molecule has 1 aromatic rings. The van der Waals surface area contributed by atoms with Gasteiger partial charge < -0.3 is 21.1 Å². The molecule has 0 spiro atoms. The van der Waals surface area contributed by atoms with E-state index in [4.69, 9.17) is 10.5 Å².